The zero-order valence-corrected chi connectivity index (χ0v) is 15.6. The molecule has 0 fully saturated rings. The van der Waals surface area contributed by atoms with Gasteiger partial charge in [0.15, 0.2) is 11.5 Å². The van der Waals surface area contributed by atoms with Crippen LogP contribution in [0.4, 0.5) is 5.69 Å². The largest absolute Gasteiger partial charge is 0.493 e. The Morgan fingerprint density at radius 2 is 1.93 bits per heavy atom. The molecule has 2 aromatic heterocycles. The third kappa shape index (κ3) is 3.21. The molecular weight excluding hydrogens is 354 g/mol. The maximum atomic E-state index is 11.2. The molecule has 27 heavy (non-hydrogen) atoms. The van der Waals surface area contributed by atoms with E-state index in [1.165, 1.54) is 4.68 Å². The summed E-state index contributed by atoms with van der Waals surface area (Å²) in [5.41, 5.74) is 1.44. The molecule has 10 heteroatoms. The number of nitrogens with zero attached hydrogens (tertiary/aromatic N) is 5. The lowest BCUT2D eigenvalue weighted by Crippen LogP contribution is -2.11. The Morgan fingerprint density at radius 3 is 2.52 bits per heavy atom. The molecule has 0 aliphatic heterocycles. The van der Waals surface area contributed by atoms with Crippen molar-refractivity contribution in [1.29, 1.82) is 0 Å². The molecule has 142 valence electrons. The van der Waals surface area contributed by atoms with Crippen molar-refractivity contribution in [3.05, 3.63) is 45.6 Å². The number of ether oxygens (including phenoxy) is 2. The highest BCUT2D eigenvalue weighted by Crippen LogP contribution is 2.32. The predicted molar refractivity (Wildman–Crippen MR) is 95.0 cm³/mol. The first-order valence-electron chi connectivity index (χ1n) is 8.13. The molecule has 0 aliphatic carbocycles. The van der Waals surface area contributed by atoms with Gasteiger partial charge in [0.25, 0.3) is 5.89 Å². The molecule has 1 aromatic carbocycles. The van der Waals surface area contributed by atoms with E-state index in [9.17, 15) is 10.1 Å². The van der Waals surface area contributed by atoms with Gasteiger partial charge < -0.3 is 14.0 Å². The van der Waals surface area contributed by atoms with E-state index in [-0.39, 0.29) is 5.69 Å². The fourth-order valence-corrected chi connectivity index (χ4v) is 2.90. The molecule has 0 unspecified atom stereocenters. The van der Waals surface area contributed by atoms with Gasteiger partial charge in [0.1, 0.15) is 17.4 Å². The monoisotopic (exact) mass is 373 g/mol. The number of methoxy groups -OCH3 is 2. The van der Waals surface area contributed by atoms with Crippen LogP contribution in [0.3, 0.4) is 0 Å². The summed E-state index contributed by atoms with van der Waals surface area (Å²) < 4.78 is 17.4. The summed E-state index contributed by atoms with van der Waals surface area (Å²) in [7, 11) is 3.10. The summed E-state index contributed by atoms with van der Waals surface area (Å²) in [5, 5.41) is 19.4. The van der Waals surface area contributed by atoms with Crippen molar-refractivity contribution in [2.24, 2.45) is 0 Å². The third-order valence-corrected chi connectivity index (χ3v) is 4.28. The maximum Gasteiger partial charge on any atom is 0.312 e. The van der Waals surface area contributed by atoms with Gasteiger partial charge in [-0.2, -0.15) is 10.1 Å². The van der Waals surface area contributed by atoms with E-state index in [4.69, 9.17) is 14.0 Å². The van der Waals surface area contributed by atoms with Crippen LogP contribution < -0.4 is 9.47 Å². The summed E-state index contributed by atoms with van der Waals surface area (Å²) in [6.07, 6.45) is 0. The van der Waals surface area contributed by atoms with Crippen LogP contribution in [-0.4, -0.2) is 39.1 Å². The Labute approximate surface area is 154 Å². The lowest BCUT2D eigenvalue weighted by molar-refractivity contribution is -0.386. The van der Waals surface area contributed by atoms with Crippen LogP contribution >= 0.6 is 0 Å². The van der Waals surface area contributed by atoms with Crippen molar-refractivity contribution in [1.82, 2.24) is 19.9 Å². The Morgan fingerprint density at radius 1 is 1.22 bits per heavy atom. The molecule has 0 aliphatic rings. The summed E-state index contributed by atoms with van der Waals surface area (Å²) in [6, 6.07) is 4.82. The lowest BCUT2D eigenvalue weighted by Gasteiger charge is -2.09. The summed E-state index contributed by atoms with van der Waals surface area (Å²) >= 11 is 0. The van der Waals surface area contributed by atoms with E-state index in [0.717, 1.165) is 0 Å². The topological polar surface area (TPSA) is 118 Å². The van der Waals surface area contributed by atoms with Gasteiger partial charge in [-0.15, -0.1) is 0 Å². The lowest BCUT2D eigenvalue weighted by atomic mass is 10.2. The van der Waals surface area contributed by atoms with Gasteiger partial charge in [-0.1, -0.05) is 5.16 Å². The Bertz CT molecular complexity index is 994. The average Bonchev–Trinajstić information content (AvgIpc) is 3.25. The van der Waals surface area contributed by atoms with Crippen molar-refractivity contribution < 1.29 is 18.9 Å². The maximum absolute atomic E-state index is 11.2. The Balaban J connectivity index is 1.94. The molecule has 3 aromatic rings. The van der Waals surface area contributed by atoms with E-state index < -0.39 is 11.0 Å². The fraction of sp³-hybridized carbons (Fsp3) is 0.353. The predicted octanol–water partition coefficient (Wildman–Crippen LogP) is 3.08. The molecule has 3 rings (SSSR count). The normalized spacial score (nSPS) is 12.0. The van der Waals surface area contributed by atoms with Crippen molar-refractivity contribution in [2.75, 3.05) is 14.2 Å². The Hall–Kier alpha value is -3.43. The first kappa shape index (κ1) is 18.4. The molecule has 1 atom stereocenters. The number of nitro groups is 1. The molecule has 0 bridgehead atoms. The second-order valence-electron chi connectivity index (χ2n) is 5.92. The van der Waals surface area contributed by atoms with Gasteiger partial charge in [0.2, 0.25) is 5.82 Å². The molecule has 0 saturated carbocycles. The number of hydrogen-bond donors (Lipinski definition) is 0. The van der Waals surface area contributed by atoms with Crippen LogP contribution in [0.15, 0.2) is 22.7 Å². The minimum absolute atomic E-state index is 0.0125. The molecule has 0 spiro atoms. The fourth-order valence-electron chi connectivity index (χ4n) is 2.90. The second kappa shape index (κ2) is 7.06. The first-order chi connectivity index (χ1) is 12.9. The highest BCUT2D eigenvalue weighted by molar-refractivity contribution is 5.60. The smallest absolute Gasteiger partial charge is 0.312 e. The van der Waals surface area contributed by atoms with Gasteiger partial charge in [-0.05, 0) is 39.0 Å². The molecule has 0 saturated heterocycles. The molecule has 10 nitrogen and oxygen atoms in total. The van der Waals surface area contributed by atoms with Crippen LogP contribution in [0, 0.1) is 24.0 Å². The van der Waals surface area contributed by atoms with E-state index in [1.807, 2.05) is 0 Å². The van der Waals surface area contributed by atoms with Gasteiger partial charge in [-0.3, -0.25) is 14.8 Å². The van der Waals surface area contributed by atoms with Crippen LogP contribution in [0.25, 0.3) is 11.4 Å². The van der Waals surface area contributed by atoms with Crippen molar-refractivity contribution in [3.8, 4) is 22.9 Å². The quantitative estimate of drug-likeness (QED) is 0.478. The zero-order chi connectivity index (χ0) is 19.7. The molecular formula is C17H19N5O5. The van der Waals surface area contributed by atoms with E-state index in [0.29, 0.717) is 40.2 Å². The first-order valence-corrected chi connectivity index (χ1v) is 8.13. The van der Waals surface area contributed by atoms with Gasteiger partial charge in [-0.25, -0.2) is 0 Å². The zero-order valence-electron chi connectivity index (χ0n) is 15.6. The molecule has 0 radical (unpaired) electrons. The number of hydrogen-bond acceptors (Lipinski definition) is 8. The number of aryl methyl sites for hydroxylation is 1. The summed E-state index contributed by atoms with van der Waals surface area (Å²) in [5.74, 6) is 1.80. The van der Waals surface area contributed by atoms with Crippen LogP contribution in [0.1, 0.15) is 30.2 Å². The second-order valence-corrected chi connectivity index (χ2v) is 5.92. The van der Waals surface area contributed by atoms with Crippen molar-refractivity contribution in [2.45, 2.75) is 26.8 Å². The van der Waals surface area contributed by atoms with Crippen molar-refractivity contribution in [3.63, 3.8) is 0 Å². The van der Waals surface area contributed by atoms with Crippen molar-refractivity contribution >= 4 is 5.69 Å². The highest BCUT2D eigenvalue weighted by Gasteiger charge is 2.27. The van der Waals surface area contributed by atoms with E-state index in [2.05, 4.69) is 15.2 Å². The SMILES string of the molecule is COc1ccc(-c2noc([C@@H](C)n3nc(C)c([N+](=O)[O-])c3C)n2)cc1OC. The molecule has 2 heterocycles. The van der Waals surface area contributed by atoms with Gasteiger partial charge >= 0.3 is 5.69 Å². The minimum Gasteiger partial charge on any atom is -0.493 e. The molecule has 0 N–H and O–H groups in total. The highest BCUT2D eigenvalue weighted by atomic mass is 16.6. The number of rotatable bonds is 6. The summed E-state index contributed by atoms with van der Waals surface area (Å²) in [4.78, 5) is 15.2. The van der Waals surface area contributed by atoms with E-state index in [1.54, 1.807) is 53.2 Å². The van der Waals surface area contributed by atoms with Crippen LogP contribution in [-0.2, 0) is 0 Å². The van der Waals surface area contributed by atoms with Gasteiger partial charge in [0, 0.05) is 5.56 Å². The van der Waals surface area contributed by atoms with Gasteiger partial charge in [0.05, 0.1) is 19.1 Å². The standard InChI is InChI=1S/C17H19N5O5/c1-9-15(22(23)24)10(2)21(19-9)11(3)17-18-16(20-27-17)12-6-7-13(25-4)14(8-12)26-5/h6-8,11H,1-5H3/t11-/m1/s1. The average molecular weight is 373 g/mol. The van der Waals surface area contributed by atoms with Crippen LogP contribution in [0.2, 0.25) is 0 Å². The van der Waals surface area contributed by atoms with E-state index >= 15 is 0 Å². The minimum atomic E-state index is -0.459. The molecule has 0 amide bonds. The Kier molecular flexibility index (Phi) is 4.80. The number of aromatic nitrogens is 4. The third-order valence-electron chi connectivity index (χ3n) is 4.28. The summed E-state index contributed by atoms with van der Waals surface area (Å²) in [6.45, 7) is 5.02. The number of benzene rings is 1. The van der Waals surface area contributed by atoms with Crippen LogP contribution in [0.5, 0.6) is 11.5 Å².